The molecule has 0 bridgehead atoms. The van der Waals surface area contributed by atoms with Crippen LogP contribution in [-0.2, 0) is 10.2 Å². The number of carbonyl (C=O) groups excluding carboxylic acids is 1. The minimum absolute atomic E-state index is 0.0540. The van der Waals surface area contributed by atoms with Crippen molar-refractivity contribution < 1.29 is 49.8 Å². The van der Waals surface area contributed by atoms with Crippen LogP contribution in [0.5, 0.6) is 0 Å². The second-order valence-electron chi connectivity index (χ2n) is 10.2. The molecule has 2 aliphatic heterocycles. The number of fused-ring (bicyclic) bond motifs is 2. The molecular formula is C27H28F8N2O3. The molecule has 1 N–H and O–H groups in total. The maximum Gasteiger partial charge on any atom is 0.490 e. The summed E-state index contributed by atoms with van der Waals surface area (Å²) in [6.45, 7) is 5.25. The number of nitrogens with zero attached hydrogens (tertiary/aromatic N) is 2. The van der Waals surface area contributed by atoms with Gasteiger partial charge in [0.1, 0.15) is 17.2 Å². The summed E-state index contributed by atoms with van der Waals surface area (Å²) in [6, 6.07) is 9.13. The van der Waals surface area contributed by atoms with Crippen LogP contribution in [0.3, 0.4) is 0 Å². The van der Waals surface area contributed by atoms with Gasteiger partial charge in [0.15, 0.2) is 0 Å². The van der Waals surface area contributed by atoms with Crippen LogP contribution < -0.4 is 4.90 Å². The van der Waals surface area contributed by atoms with Gasteiger partial charge in [-0.1, -0.05) is 32.0 Å². The second kappa shape index (κ2) is 11.7. The lowest BCUT2D eigenvalue weighted by atomic mass is 9.73. The number of benzene rings is 2. The molecule has 0 aromatic heterocycles. The Hall–Kier alpha value is -3.22. The number of carboxylic acid groups (broad SMARTS) is 1. The molecule has 2 heterocycles. The van der Waals surface area contributed by atoms with Crippen LogP contribution in [0.25, 0.3) is 0 Å². The average Bonchev–Trinajstić information content (AvgIpc) is 3.16. The van der Waals surface area contributed by atoms with Gasteiger partial charge < -0.3 is 14.9 Å². The van der Waals surface area contributed by atoms with E-state index in [0.29, 0.717) is 31.6 Å². The van der Waals surface area contributed by atoms with Crippen molar-refractivity contribution in [3.05, 3.63) is 64.7 Å². The number of anilines is 1. The van der Waals surface area contributed by atoms with Gasteiger partial charge in [0.05, 0.1) is 6.42 Å². The van der Waals surface area contributed by atoms with Crippen LogP contribution in [0.2, 0.25) is 0 Å². The summed E-state index contributed by atoms with van der Waals surface area (Å²) >= 11 is 0. The third kappa shape index (κ3) is 7.10. The SMILES string of the molecule is CC(C)c1ccc2c(c1)C1(CCN(CCC(F)(F)F)CC1)CN2C(=O)c1c(F)cccc1F.O=C(O)C(F)(F)F. The first-order chi connectivity index (χ1) is 18.4. The highest BCUT2D eigenvalue weighted by Gasteiger charge is 2.47. The molecule has 0 aliphatic carbocycles. The molecule has 0 unspecified atom stereocenters. The Morgan fingerprint density at radius 1 is 0.975 bits per heavy atom. The first kappa shape index (κ1) is 31.3. The Labute approximate surface area is 225 Å². The van der Waals surface area contributed by atoms with Crippen LogP contribution in [0.4, 0.5) is 40.8 Å². The van der Waals surface area contributed by atoms with E-state index in [-0.39, 0.29) is 19.0 Å². The van der Waals surface area contributed by atoms with E-state index in [9.17, 15) is 39.9 Å². The Bertz CT molecular complexity index is 1220. The molecule has 4 rings (SSSR count). The number of piperidine rings is 1. The molecule has 0 atom stereocenters. The summed E-state index contributed by atoms with van der Waals surface area (Å²) in [6.07, 6.45) is -8.99. The van der Waals surface area contributed by atoms with E-state index >= 15 is 0 Å². The number of carboxylic acids is 1. The van der Waals surface area contributed by atoms with Crippen molar-refractivity contribution in [1.29, 1.82) is 0 Å². The van der Waals surface area contributed by atoms with E-state index in [4.69, 9.17) is 9.90 Å². The Morgan fingerprint density at radius 3 is 2.00 bits per heavy atom. The highest BCUT2D eigenvalue weighted by atomic mass is 19.4. The highest BCUT2D eigenvalue weighted by Crippen LogP contribution is 2.48. The number of aliphatic carboxylic acids is 1. The van der Waals surface area contributed by atoms with Crippen molar-refractivity contribution in [3.8, 4) is 0 Å². The van der Waals surface area contributed by atoms with E-state index in [2.05, 4.69) is 19.9 Å². The van der Waals surface area contributed by atoms with Gasteiger partial charge in [0.2, 0.25) is 0 Å². The first-order valence-electron chi connectivity index (χ1n) is 12.4. The van der Waals surface area contributed by atoms with Crippen LogP contribution in [-0.4, -0.2) is 60.4 Å². The fraction of sp³-hybridized carbons (Fsp3) is 0.481. The lowest BCUT2D eigenvalue weighted by molar-refractivity contribution is -0.192. The van der Waals surface area contributed by atoms with Gasteiger partial charge in [0, 0.05) is 24.2 Å². The van der Waals surface area contributed by atoms with Gasteiger partial charge in [-0.25, -0.2) is 13.6 Å². The molecular weight excluding hydrogens is 552 g/mol. The number of carbonyl (C=O) groups is 2. The second-order valence-corrected chi connectivity index (χ2v) is 10.2. The zero-order valence-corrected chi connectivity index (χ0v) is 21.7. The lowest BCUT2D eigenvalue weighted by Gasteiger charge is -2.40. The summed E-state index contributed by atoms with van der Waals surface area (Å²) in [5.41, 5.74) is 1.60. The number of rotatable bonds is 4. The predicted octanol–water partition coefficient (Wildman–Crippen LogP) is 6.67. The van der Waals surface area contributed by atoms with Crippen molar-refractivity contribution in [2.24, 2.45) is 0 Å². The summed E-state index contributed by atoms with van der Waals surface area (Å²) in [5, 5.41) is 7.12. The van der Waals surface area contributed by atoms with Crippen LogP contribution in [0.1, 0.15) is 60.5 Å². The molecule has 1 amide bonds. The standard InChI is InChI=1S/C25H27F5N2O.C2HF3O2/c1-16(2)17-6-7-21-18(14-17)24(8-11-31(12-9-24)13-10-25(28,29)30)15-32(21)23(33)22-19(26)4-3-5-20(22)27;3-2(4,5)1(6)7/h3-7,14,16H,8-13,15H2,1-2H3;(H,6,7). The van der Waals surface area contributed by atoms with Gasteiger partial charge in [-0.2, -0.15) is 26.3 Å². The molecule has 1 fully saturated rings. The van der Waals surface area contributed by atoms with Gasteiger partial charge in [-0.3, -0.25) is 4.79 Å². The van der Waals surface area contributed by atoms with Crippen molar-refractivity contribution in [2.45, 2.75) is 56.8 Å². The number of hydrogen-bond donors (Lipinski definition) is 1. The van der Waals surface area contributed by atoms with Gasteiger partial charge in [-0.05, 0) is 61.2 Å². The first-order valence-corrected chi connectivity index (χ1v) is 12.4. The van der Waals surface area contributed by atoms with Gasteiger partial charge >= 0.3 is 18.3 Å². The lowest BCUT2D eigenvalue weighted by Crippen LogP contribution is -2.46. The predicted molar refractivity (Wildman–Crippen MR) is 130 cm³/mol. The van der Waals surface area contributed by atoms with Crippen LogP contribution in [0.15, 0.2) is 36.4 Å². The third-order valence-electron chi connectivity index (χ3n) is 7.20. The highest BCUT2D eigenvalue weighted by molar-refractivity contribution is 6.08. The number of likely N-dealkylation sites (tertiary alicyclic amines) is 1. The zero-order chi connectivity index (χ0) is 30.0. The molecule has 5 nitrogen and oxygen atoms in total. The molecule has 2 aromatic rings. The van der Waals surface area contributed by atoms with E-state index in [1.54, 1.807) is 4.90 Å². The van der Waals surface area contributed by atoms with Gasteiger partial charge in [0.25, 0.3) is 5.91 Å². The van der Waals surface area contributed by atoms with Crippen molar-refractivity contribution in [3.63, 3.8) is 0 Å². The monoisotopic (exact) mass is 580 g/mol. The smallest absolute Gasteiger partial charge is 0.475 e. The molecule has 40 heavy (non-hydrogen) atoms. The largest absolute Gasteiger partial charge is 0.490 e. The maximum absolute atomic E-state index is 14.4. The van der Waals surface area contributed by atoms with Gasteiger partial charge in [-0.15, -0.1) is 0 Å². The number of halogens is 8. The van der Waals surface area contributed by atoms with Crippen LogP contribution >= 0.6 is 0 Å². The molecule has 220 valence electrons. The molecule has 2 aromatic carbocycles. The summed E-state index contributed by atoms with van der Waals surface area (Å²) < 4.78 is 98.5. The quantitative estimate of drug-likeness (QED) is 0.411. The summed E-state index contributed by atoms with van der Waals surface area (Å²) in [4.78, 5) is 25.4. The summed E-state index contributed by atoms with van der Waals surface area (Å²) in [5.74, 6) is -5.08. The third-order valence-corrected chi connectivity index (χ3v) is 7.20. The minimum atomic E-state index is -5.08. The molecule has 0 radical (unpaired) electrons. The van der Waals surface area contributed by atoms with E-state index in [1.165, 1.54) is 11.0 Å². The normalized spacial score (nSPS) is 17.0. The number of amides is 1. The number of hydrogen-bond acceptors (Lipinski definition) is 3. The van der Waals surface area contributed by atoms with Crippen molar-refractivity contribution in [2.75, 3.05) is 31.1 Å². The van der Waals surface area contributed by atoms with E-state index in [1.807, 2.05) is 12.1 Å². The van der Waals surface area contributed by atoms with E-state index < -0.39 is 53.3 Å². The summed E-state index contributed by atoms with van der Waals surface area (Å²) in [7, 11) is 0. The molecule has 1 saturated heterocycles. The zero-order valence-electron chi connectivity index (χ0n) is 21.7. The number of alkyl halides is 6. The Balaban J connectivity index is 0.000000559. The van der Waals surface area contributed by atoms with Crippen LogP contribution in [0, 0.1) is 11.6 Å². The minimum Gasteiger partial charge on any atom is -0.475 e. The molecule has 2 aliphatic rings. The Morgan fingerprint density at radius 2 is 1.52 bits per heavy atom. The molecule has 1 spiro atoms. The molecule has 13 heteroatoms. The maximum atomic E-state index is 14.4. The topological polar surface area (TPSA) is 60.9 Å². The van der Waals surface area contributed by atoms with Crippen molar-refractivity contribution >= 4 is 17.6 Å². The average molecular weight is 581 g/mol. The molecule has 0 saturated carbocycles. The fourth-order valence-corrected chi connectivity index (χ4v) is 4.98. The fourth-order valence-electron chi connectivity index (χ4n) is 4.98. The Kier molecular flexibility index (Phi) is 9.17. The van der Waals surface area contributed by atoms with E-state index in [0.717, 1.165) is 23.3 Å². The van der Waals surface area contributed by atoms with Crippen molar-refractivity contribution in [1.82, 2.24) is 4.90 Å².